The predicted octanol–water partition coefficient (Wildman–Crippen LogP) is 3.91. The summed E-state index contributed by atoms with van der Waals surface area (Å²) in [6, 6.07) is 10.5. The van der Waals surface area contributed by atoms with Crippen LogP contribution in [-0.2, 0) is 11.8 Å². The summed E-state index contributed by atoms with van der Waals surface area (Å²) in [5.41, 5.74) is 1.24. The highest BCUT2D eigenvalue weighted by atomic mass is 35.5. The van der Waals surface area contributed by atoms with Crippen LogP contribution in [-0.4, -0.2) is 31.4 Å². The summed E-state index contributed by atoms with van der Waals surface area (Å²) >= 11 is 13.2. The second-order valence-electron chi connectivity index (χ2n) is 5.04. The molecule has 25 heavy (non-hydrogen) atoms. The van der Waals surface area contributed by atoms with Crippen LogP contribution in [0.25, 0.3) is 11.5 Å². The van der Waals surface area contributed by atoms with Crippen LogP contribution >= 0.6 is 35.0 Å². The number of anilines is 1. The molecule has 1 N–H and O–H groups in total. The van der Waals surface area contributed by atoms with Gasteiger partial charge in [0.05, 0.1) is 16.5 Å². The number of rotatable bonds is 5. The van der Waals surface area contributed by atoms with Crippen LogP contribution in [0.15, 0.2) is 47.8 Å². The number of carbonyl (C=O) groups is 1. The fraction of sp³-hybridized carbons (Fsp3) is 0.125. The molecule has 0 aliphatic heterocycles. The second-order valence-corrected chi connectivity index (χ2v) is 6.83. The van der Waals surface area contributed by atoms with Crippen molar-refractivity contribution in [3.05, 3.63) is 52.6 Å². The van der Waals surface area contributed by atoms with E-state index in [0.717, 1.165) is 5.69 Å². The number of thioether (sulfide) groups is 1. The van der Waals surface area contributed by atoms with Gasteiger partial charge in [0.15, 0.2) is 11.0 Å². The highest BCUT2D eigenvalue weighted by molar-refractivity contribution is 7.99. The highest BCUT2D eigenvalue weighted by Crippen LogP contribution is 2.26. The minimum atomic E-state index is -0.198. The minimum Gasteiger partial charge on any atom is -0.324 e. The number of benzene rings is 1. The summed E-state index contributed by atoms with van der Waals surface area (Å²) in [4.78, 5) is 16.4. The lowest BCUT2D eigenvalue weighted by Crippen LogP contribution is -2.14. The van der Waals surface area contributed by atoms with Gasteiger partial charge in [-0.1, -0.05) is 41.0 Å². The molecule has 3 rings (SSSR count). The number of nitrogens with zero attached hydrogens (tertiary/aromatic N) is 4. The molecular formula is C16H13Cl2N5OS. The van der Waals surface area contributed by atoms with E-state index in [0.29, 0.717) is 26.7 Å². The molecule has 0 saturated heterocycles. The largest absolute Gasteiger partial charge is 0.324 e. The zero-order valence-corrected chi connectivity index (χ0v) is 15.4. The maximum absolute atomic E-state index is 12.1. The fourth-order valence-corrected chi connectivity index (χ4v) is 3.23. The molecule has 0 spiro atoms. The molecule has 0 radical (unpaired) electrons. The Morgan fingerprint density at radius 3 is 2.80 bits per heavy atom. The van der Waals surface area contributed by atoms with E-state index in [9.17, 15) is 4.79 Å². The van der Waals surface area contributed by atoms with Crippen LogP contribution in [0.4, 0.5) is 5.69 Å². The lowest BCUT2D eigenvalue weighted by Gasteiger charge is -2.07. The lowest BCUT2D eigenvalue weighted by molar-refractivity contribution is -0.113. The summed E-state index contributed by atoms with van der Waals surface area (Å²) in [7, 11) is 1.83. The first kappa shape index (κ1) is 17.7. The van der Waals surface area contributed by atoms with Gasteiger partial charge in [-0.15, -0.1) is 10.2 Å². The van der Waals surface area contributed by atoms with Gasteiger partial charge in [0, 0.05) is 18.3 Å². The summed E-state index contributed by atoms with van der Waals surface area (Å²) in [6.45, 7) is 0. The van der Waals surface area contributed by atoms with Crippen LogP contribution in [0.2, 0.25) is 10.0 Å². The average molecular weight is 394 g/mol. The number of nitrogens with one attached hydrogen (secondary N) is 1. The molecule has 0 saturated carbocycles. The number of hydrogen-bond acceptors (Lipinski definition) is 5. The Morgan fingerprint density at radius 1 is 1.24 bits per heavy atom. The van der Waals surface area contributed by atoms with Gasteiger partial charge in [0.1, 0.15) is 5.69 Å². The minimum absolute atomic E-state index is 0.174. The third kappa shape index (κ3) is 4.31. The Hall–Kier alpha value is -2.09. The molecule has 128 valence electrons. The monoisotopic (exact) mass is 393 g/mol. The first-order chi connectivity index (χ1) is 12.0. The van der Waals surface area contributed by atoms with Crippen LogP contribution in [0.1, 0.15) is 0 Å². The third-order valence-electron chi connectivity index (χ3n) is 3.27. The number of aromatic nitrogens is 4. The van der Waals surface area contributed by atoms with Crippen molar-refractivity contribution in [2.45, 2.75) is 5.16 Å². The fourth-order valence-electron chi connectivity index (χ4n) is 2.07. The molecule has 6 nitrogen and oxygen atoms in total. The van der Waals surface area contributed by atoms with Crippen LogP contribution < -0.4 is 5.32 Å². The van der Waals surface area contributed by atoms with Gasteiger partial charge < -0.3 is 9.88 Å². The molecule has 3 aromatic rings. The van der Waals surface area contributed by atoms with Crippen LogP contribution in [0.5, 0.6) is 0 Å². The lowest BCUT2D eigenvalue weighted by atomic mass is 10.3. The van der Waals surface area contributed by atoms with Gasteiger partial charge in [-0.2, -0.15) is 0 Å². The predicted molar refractivity (Wildman–Crippen MR) is 100 cm³/mol. The van der Waals surface area contributed by atoms with Crippen molar-refractivity contribution in [3.8, 4) is 11.5 Å². The van der Waals surface area contributed by atoms with Crippen molar-refractivity contribution in [2.75, 3.05) is 11.1 Å². The maximum atomic E-state index is 12.1. The molecule has 0 atom stereocenters. The topological polar surface area (TPSA) is 72.7 Å². The van der Waals surface area contributed by atoms with Gasteiger partial charge in [-0.3, -0.25) is 9.78 Å². The molecule has 0 aliphatic rings. The van der Waals surface area contributed by atoms with E-state index >= 15 is 0 Å². The van der Waals surface area contributed by atoms with Crippen LogP contribution in [0.3, 0.4) is 0 Å². The van der Waals surface area contributed by atoms with E-state index in [-0.39, 0.29) is 11.7 Å². The van der Waals surface area contributed by atoms with Crippen molar-refractivity contribution in [2.24, 2.45) is 7.05 Å². The summed E-state index contributed by atoms with van der Waals surface area (Å²) in [6.07, 6.45) is 1.69. The zero-order valence-electron chi connectivity index (χ0n) is 13.1. The Kier molecular flexibility index (Phi) is 5.57. The van der Waals surface area contributed by atoms with Gasteiger partial charge in [0.2, 0.25) is 5.91 Å². The van der Waals surface area contributed by atoms with Crippen molar-refractivity contribution >= 4 is 46.6 Å². The molecule has 1 amide bonds. The summed E-state index contributed by atoms with van der Waals surface area (Å²) in [5, 5.41) is 12.5. The third-order valence-corrected chi connectivity index (χ3v) is 4.83. The van der Waals surface area contributed by atoms with E-state index in [1.807, 2.05) is 25.2 Å². The second kappa shape index (κ2) is 7.86. The van der Waals surface area contributed by atoms with E-state index in [1.165, 1.54) is 11.8 Å². The first-order valence-electron chi connectivity index (χ1n) is 7.23. The number of pyridine rings is 1. The molecular weight excluding hydrogens is 381 g/mol. The molecule has 0 unspecified atom stereocenters. The Labute approximate surface area is 158 Å². The molecule has 2 aromatic heterocycles. The molecule has 0 fully saturated rings. The van der Waals surface area contributed by atoms with Crippen LogP contribution in [0, 0.1) is 0 Å². The van der Waals surface area contributed by atoms with E-state index in [1.54, 1.807) is 29.0 Å². The maximum Gasteiger partial charge on any atom is 0.234 e. The molecule has 2 heterocycles. The Bertz CT molecular complexity index is 901. The first-order valence-corrected chi connectivity index (χ1v) is 8.97. The van der Waals surface area contributed by atoms with Crippen molar-refractivity contribution < 1.29 is 4.79 Å². The smallest absolute Gasteiger partial charge is 0.234 e. The van der Waals surface area contributed by atoms with E-state index < -0.39 is 0 Å². The van der Waals surface area contributed by atoms with Gasteiger partial charge in [0.25, 0.3) is 0 Å². The molecule has 1 aromatic carbocycles. The van der Waals surface area contributed by atoms with Crippen molar-refractivity contribution in [1.82, 2.24) is 19.7 Å². The molecule has 9 heteroatoms. The summed E-state index contributed by atoms with van der Waals surface area (Å²) in [5.74, 6) is 0.619. The van der Waals surface area contributed by atoms with Gasteiger partial charge >= 0.3 is 0 Å². The summed E-state index contributed by atoms with van der Waals surface area (Å²) < 4.78 is 1.80. The zero-order chi connectivity index (χ0) is 17.8. The van der Waals surface area contributed by atoms with E-state index in [4.69, 9.17) is 23.2 Å². The standard InChI is InChI=1S/C16H13Cl2N5OS/c1-23-15(13-4-2-3-7-19-13)21-22-16(23)25-9-14(24)20-12-6-5-10(17)8-11(12)18/h2-8H,9H2,1H3,(H,20,24). The van der Waals surface area contributed by atoms with Crippen molar-refractivity contribution in [1.29, 1.82) is 0 Å². The normalized spacial score (nSPS) is 10.7. The molecule has 0 bridgehead atoms. The highest BCUT2D eigenvalue weighted by Gasteiger charge is 2.14. The Balaban J connectivity index is 1.64. The number of halogens is 2. The van der Waals surface area contributed by atoms with Gasteiger partial charge in [-0.05, 0) is 30.3 Å². The SMILES string of the molecule is Cn1c(SCC(=O)Nc2ccc(Cl)cc2Cl)nnc1-c1ccccn1. The van der Waals surface area contributed by atoms with E-state index in [2.05, 4.69) is 20.5 Å². The molecule has 0 aliphatic carbocycles. The quantitative estimate of drug-likeness (QED) is 0.665. The number of amides is 1. The number of carbonyl (C=O) groups excluding carboxylic acids is 1. The van der Waals surface area contributed by atoms with Crippen molar-refractivity contribution in [3.63, 3.8) is 0 Å². The Morgan fingerprint density at radius 2 is 2.08 bits per heavy atom. The number of hydrogen-bond donors (Lipinski definition) is 1. The van der Waals surface area contributed by atoms with Gasteiger partial charge in [-0.25, -0.2) is 0 Å². The average Bonchev–Trinajstić information content (AvgIpc) is 2.97.